The van der Waals surface area contributed by atoms with Crippen LogP contribution in [0.2, 0.25) is 0 Å². The van der Waals surface area contributed by atoms with E-state index in [4.69, 9.17) is 5.73 Å². The molecule has 104 valence electrons. The fourth-order valence-electron chi connectivity index (χ4n) is 1.23. The Morgan fingerprint density at radius 3 is 2.68 bits per heavy atom. The molecule has 0 aromatic heterocycles. The molecular formula is C10H12FN3O4S. The number of nitrogens with two attached hydrogens (primary N) is 1. The molecule has 7 nitrogen and oxygen atoms in total. The quantitative estimate of drug-likeness (QED) is 0.450. The number of rotatable bonds is 6. The molecule has 1 aromatic carbocycles. The molecule has 0 spiro atoms. The summed E-state index contributed by atoms with van der Waals surface area (Å²) in [4.78, 5) is 8.97. The third-order valence-electron chi connectivity index (χ3n) is 2.11. The van der Waals surface area contributed by atoms with Crippen molar-refractivity contribution in [3.05, 3.63) is 46.3 Å². The van der Waals surface area contributed by atoms with Gasteiger partial charge in [-0.15, -0.1) is 0 Å². The fraction of sp³-hybridized carbons (Fsp3) is 0.200. The van der Waals surface area contributed by atoms with Gasteiger partial charge in [-0.2, -0.15) is 0 Å². The third kappa shape index (κ3) is 4.09. The highest BCUT2D eigenvalue weighted by Crippen LogP contribution is 2.20. The van der Waals surface area contributed by atoms with Gasteiger partial charge < -0.3 is 5.73 Å². The first-order valence-corrected chi connectivity index (χ1v) is 6.65. The molecule has 0 amide bonds. The molecule has 0 saturated carbocycles. The summed E-state index contributed by atoms with van der Waals surface area (Å²) in [6, 6.07) is 2.30. The molecule has 0 saturated heterocycles. The van der Waals surface area contributed by atoms with Crippen LogP contribution < -0.4 is 10.5 Å². The molecule has 0 atom stereocenters. The predicted octanol–water partition coefficient (Wildman–Crippen LogP) is 0.527. The molecule has 3 N–H and O–H groups in total. The van der Waals surface area contributed by atoms with Crippen molar-refractivity contribution in [2.45, 2.75) is 4.90 Å². The number of halogens is 1. The molecule has 0 unspecified atom stereocenters. The molecular weight excluding hydrogens is 277 g/mol. The monoisotopic (exact) mass is 289 g/mol. The lowest BCUT2D eigenvalue weighted by molar-refractivity contribution is -0.385. The lowest BCUT2D eigenvalue weighted by Crippen LogP contribution is -2.25. The van der Waals surface area contributed by atoms with Crippen molar-refractivity contribution in [3.63, 3.8) is 0 Å². The van der Waals surface area contributed by atoms with Crippen LogP contribution in [0.5, 0.6) is 0 Å². The molecule has 0 radical (unpaired) electrons. The van der Waals surface area contributed by atoms with E-state index in [0.717, 1.165) is 12.1 Å². The van der Waals surface area contributed by atoms with Crippen molar-refractivity contribution in [1.29, 1.82) is 0 Å². The SMILES string of the molecule is NC/C=C/CNS(=O)(=O)c1cc([N+](=O)[O-])ccc1F. The van der Waals surface area contributed by atoms with Crippen LogP contribution in [0.15, 0.2) is 35.2 Å². The normalized spacial score (nSPS) is 11.9. The maximum absolute atomic E-state index is 13.4. The van der Waals surface area contributed by atoms with Gasteiger partial charge in [-0.05, 0) is 6.07 Å². The smallest absolute Gasteiger partial charge is 0.270 e. The highest BCUT2D eigenvalue weighted by atomic mass is 32.2. The first-order valence-electron chi connectivity index (χ1n) is 5.17. The van der Waals surface area contributed by atoms with Crippen molar-refractivity contribution < 1.29 is 17.7 Å². The van der Waals surface area contributed by atoms with Crippen LogP contribution in [0.3, 0.4) is 0 Å². The second-order valence-corrected chi connectivity index (χ2v) is 5.17. The van der Waals surface area contributed by atoms with Crippen molar-refractivity contribution in [2.24, 2.45) is 5.73 Å². The highest BCUT2D eigenvalue weighted by Gasteiger charge is 2.21. The average Bonchev–Trinajstić information content (AvgIpc) is 2.34. The van der Waals surface area contributed by atoms with E-state index in [2.05, 4.69) is 4.72 Å². The Kier molecular flexibility index (Phi) is 5.10. The van der Waals surface area contributed by atoms with Crippen LogP contribution >= 0.6 is 0 Å². The maximum atomic E-state index is 13.4. The summed E-state index contributed by atoms with van der Waals surface area (Å²) >= 11 is 0. The summed E-state index contributed by atoms with van der Waals surface area (Å²) in [5.41, 5.74) is 4.67. The van der Waals surface area contributed by atoms with Crippen LogP contribution in [0.4, 0.5) is 10.1 Å². The number of non-ortho nitro benzene ring substituents is 1. The highest BCUT2D eigenvalue weighted by molar-refractivity contribution is 7.89. The zero-order valence-corrected chi connectivity index (χ0v) is 10.6. The van der Waals surface area contributed by atoms with E-state index in [0.29, 0.717) is 6.07 Å². The molecule has 0 heterocycles. The first-order chi connectivity index (χ1) is 8.88. The van der Waals surface area contributed by atoms with Gasteiger partial charge in [0.1, 0.15) is 10.7 Å². The van der Waals surface area contributed by atoms with Gasteiger partial charge in [0.05, 0.1) is 4.92 Å². The van der Waals surface area contributed by atoms with E-state index in [1.54, 1.807) is 0 Å². The molecule has 0 bridgehead atoms. The van der Waals surface area contributed by atoms with Gasteiger partial charge in [0.25, 0.3) is 5.69 Å². The second-order valence-electron chi connectivity index (χ2n) is 3.43. The molecule has 0 aliphatic rings. The molecule has 1 aromatic rings. The van der Waals surface area contributed by atoms with Gasteiger partial charge in [0.2, 0.25) is 10.0 Å². The van der Waals surface area contributed by atoms with Crippen molar-refractivity contribution in [2.75, 3.05) is 13.1 Å². The minimum Gasteiger partial charge on any atom is -0.327 e. The van der Waals surface area contributed by atoms with E-state index in [1.165, 1.54) is 12.2 Å². The van der Waals surface area contributed by atoms with Gasteiger partial charge in [-0.1, -0.05) is 12.2 Å². The number of nitro benzene ring substituents is 1. The van der Waals surface area contributed by atoms with Crippen LogP contribution in [0, 0.1) is 15.9 Å². The van der Waals surface area contributed by atoms with Gasteiger partial charge in [-0.3, -0.25) is 10.1 Å². The first kappa shape index (κ1) is 15.2. The molecule has 1 rings (SSSR count). The Balaban J connectivity index is 3.03. The minimum absolute atomic E-state index is 0.0817. The van der Waals surface area contributed by atoms with Crippen molar-refractivity contribution >= 4 is 15.7 Å². The van der Waals surface area contributed by atoms with Crippen molar-refractivity contribution in [1.82, 2.24) is 4.72 Å². The largest absolute Gasteiger partial charge is 0.327 e. The van der Waals surface area contributed by atoms with E-state index >= 15 is 0 Å². The molecule has 19 heavy (non-hydrogen) atoms. The maximum Gasteiger partial charge on any atom is 0.270 e. The van der Waals surface area contributed by atoms with Crippen LogP contribution in [-0.4, -0.2) is 26.4 Å². The number of hydrogen-bond acceptors (Lipinski definition) is 5. The lowest BCUT2D eigenvalue weighted by Gasteiger charge is -2.05. The minimum atomic E-state index is -4.15. The Hall–Kier alpha value is -1.84. The Labute approximate surface area is 109 Å². The summed E-state index contributed by atoms with van der Waals surface area (Å²) in [6.45, 7) is 0.161. The summed E-state index contributed by atoms with van der Waals surface area (Å²) in [6.07, 6.45) is 2.97. The lowest BCUT2D eigenvalue weighted by atomic mass is 10.3. The van der Waals surface area contributed by atoms with E-state index in [9.17, 15) is 22.9 Å². The Morgan fingerprint density at radius 1 is 1.42 bits per heavy atom. The molecule has 0 aliphatic carbocycles. The van der Waals surface area contributed by atoms with E-state index in [1.807, 2.05) is 0 Å². The number of nitro groups is 1. The van der Waals surface area contributed by atoms with Gasteiger partial charge in [-0.25, -0.2) is 17.5 Å². The number of nitrogens with zero attached hydrogens (tertiary/aromatic N) is 1. The second kappa shape index (κ2) is 6.36. The van der Waals surface area contributed by atoms with Gasteiger partial charge in [0, 0.05) is 25.2 Å². The van der Waals surface area contributed by atoms with Crippen molar-refractivity contribution in [3.8, 4) is 0 Å². The Bertz CT molecular complexity index is 601. The fourth-order valence-corrected chi connectivity index (χ4v) is 2.30. The standard InChI is InChI=1S/C10H12FN3O4S/c11-9-4-3-8(14(15)16)7-10(9)19(17,18)13-6-2-1-5-12/h1-4,7,13H,5-6,12H2/b2-1+. The number of nitrogens with one attached hydrogen (secondary N) is 1. The van der Waals surface area contributed by atoms with Crippen LogP contribution in [0.25, 0.3) is 0 Å². The molecule has 0 aliphatic heterocycles. The number of benzene rings is 1. The zero-order chi connectivity index (χ0) is 14.5. The van der Waals surface area contributed by atoms with Crippen LogP contribution in [0.1, 0.15) is 0 Å². The van der Waals surface area contributed by atoms with E-state index < -0.39 is 31.3 Å². The van der Waals surface area contributed by atoms with E-state index in [-0.39, 0.29) is 13.1 Å². The van der Waals surface area contributed by atoms with Crippen LogP contribution in [-0.2, 0) is 10.0 Å². The zero-order valence-electron chi connectivity index (χ0n) is 9.74. The number of sulfonamides is 1. The number of hydrogen-bond donors (Lipinski definition) is 2. The topological polar surface area (TPSA) is 115 Å². The van der Waals surface area contributed by atoms with Gasteiger partial charge >= 0.3 is 0 Å². The predicted molar refractivity (Wildman–Crippen MR) is 66.4 cm³/mol. The average molecular weight is 289 g/mol. The summed E-state index contributed by atoms with van der Waals surface area (Å²) in [5, 5.41) is 10.5. The summed E-state index contributed by atoms with van der Waals surface area (Å²) in [5.74, 6) is -1.05. The van der Waals surface area contributed by atoms with Gasteiger partial charge in [0.15, 0.2) is 0 Å². The Morgan fingerprint density at radius 2 is 2.11 bits per heavy atom. The molecule has 0 fully saturated rings. The summed E-state index contributed by atoms with van der Waals surface area (Å²) in [7, 11) is -4.15. The molecule has 9 heteroatoms. The summed E-state index contributed by atoms with van der Waals surface area (Å²) < 4.78 is 39.0. The third-order valence-corrected chi connectivity index (χ3v) is 3.55.